The highest BCUT2D eigenvalue weighted by Gasteiger charge is 2.27. The second-order valence-corrected chi connectivity index (χ2v) is 7.78. The van der Waals surface area contributed by atoms with Crippen LogP contribution in [-0.2, 0) is 11.2 Å². The molecule has 1 unspecified atom stereocenters. The van der Waals surface area contributed by atoms with Crippen LogP contribution in [0, 0.1) is 5.82 Å². The van der Waals surface area contributed by atoms with Crippen LogP contribution in [0.15, 0.2) is 47.5 Å². The molecule has 4 aromatic rings. The van der Waals surface area contributed by atoms with Crippen molar-refractivity contribution in [1.82, 2.24) is 14.8 Å². The third-order valence-electron chi connectivity index (χ3n) is 4.43. The Morgan fingerprint density at radius 1 is 1.20 bits per heavy atom. The van der Waals surface area contributed by atoms with Gasteiger partial charge in [-0.3, -0.25) is 5.10 Å². The van der Waals surface area contributed by atoms with E-state index in [4.69, 9.17) is 0 Å². The van der Waals surface area contributed by atoms with Crippen LogP contribution in [0.1, 0.15) is 25.5 Å². The van der Waals surface area contributed by atoms with E-state index in [1.165, 1.54) is 12.1 Å². The summed E-state index contributed by atoms with van der Waals surface area (Å²) < 4.78 is 28.1. The average molecular weight is 355 g/mol. The van der Waals surface area contributed by atoms with Gasteiger partial charge in [0, 0.05) is 11.1 Å². The van der Waals surface area contributed by atoms with Crippen LogP contribution in [0.3, 0.4) is 0 Å². The number of aromatic nitrogens is 3. The van der Waals surface area contributed by atoms with Gasteiger partial charge in [-0.05, 0) is 53.5 Å². The first-order chi connectivity index (χ1) is 12.0. The molecular weight excluding hydrogens is 337 g/mol. The molecule has 25 heavy (non-hydrogen) atoms. The van der Waals surface area contributed by atoms with Crippen molar-refractivity contribution in [2.45, 2.75) is 24.7 Å². The van der Waals surface area contributed by atoms with Gasteiger partial charge in [0.2, 0.25) is 0 Å². The van der Waals surface area contributed by atoms with Gasteiger partial charge in [0.15, 0.2) is 4.90 Å². The average Bonchev–Trinajstić information content (AvgIpc) is 3.14. The molecule has 2 aromatic heterocycles. The van der Waals surface area contributed by atoms with E-state index in [0.29, 0.717) is 0 Å². The summed E-state index contributed by atoms with van der Waals surface area (Å²) in [4.78, 5) is 0.825. The number of nitrogens with one attached hydrogen (secondary N) is 1. The highest BCUT2D eigenvalue weighted by Crippen LogP contribution is 2.38. The lowest BCUT2D eigenvalue weighted by Crippen LogP contribution is -2.07. The predicted molar refractivity (Wildman–Crippen MR) is 99.3 cm³/mol. The zero-order chi connectivity index (χ0) is 17.7. The number of rotatable bonds is 3. The summed E-state index contributed by atoms with van der Waals surface area (Å²) in [7, 11) is 0. The Bertz CT molecular complexity index is 1060. The maximum atomic E-state index is 13.4. The van der Waals surface area contributed by atoms with Crippen LogP contribution in [0.5, 0.6) is 0 Å². The minimum absolute atomic E-state index is 0.160. The number of hydrogen-bond acceptors (Lipinski definition) is 2. The lowest BCUT2D eigenvalue weighted by atomic mass is 10.1. The van der Waals surface area contributed by atoms with Crippen LogP contribution in [0.4, 0.5) is 4.39 Å². The summed E-state index contributed by atoms with van der Waals surface area (Å²) in [5.74, 6) is -0.115. The molecule has 0 radical (unpaired) electrons. The van der Waals surface area contributed by atoms with Crippen LogP contribution in [0.2, 0.25) is 0 Å². The Labute approximate surface area is 147 Å². The van der Waals surface area contributed by atoms with Gasteiger partial charge >= 0.3 is 0 Å². The van der Waals surface area contributed by atoms with Gasteiger partial charge in [-0.2, -0.15) is 5.10 Å². The molecule has 6 heteroatoms. The Morgan fingerprint density at radius 3 is 2.56 bits per heavy atom. The second kappa shape index (κ2) is 5.89. The molecule has 0 bridgehead atoms. The topological polar surface area (TPSA) is 56.7 Å². The second-order valence-electron chi connectivity index (χ2n) is 6.46. The molecule has 4 nitrogen and oxygen atoms in total. The number of aromatic amines is 1. The summed E-state index contributed by atoms with van der Waals surface area (Å²) in [5, 5.41) is 8.98. The van der Waals surface area contributed by atoms with E-state index >= 15 is 0 Å². The summed E-state index contributed by atoms with van der Waals surface area (Å²) in [6, 6.07) is 10.4. The molecule has 0 aliphatic rings. The normalized spacial score (nSPS) is 13.2. The molecule has 0 spiro atoms. The summed E-state index contributed by atoms with van der Waals surface area (Å²) in [6.45, 7) is 4.16. The third kappa shape index (κ3) is 2.53. The van der Waals surface area contributed by atoms with Gasteiger partial charge in [-0.25, -0.2) is 4.39 Å². The molecular formula is C19H18FN3OS. The number of hydrogen-bond donors (Lipinski definition) is 1. The first-order valence-corrected chi connectivity index (χ1v) is 9.64. The van der Waals surface area contributed by atoms with Crippen LogP contribution in [-0.4, -0.2) is 25.6 Å². The molecule has 0 aliphatic heterocycles. The fraction of sp³-hybridized carbons (Fsp3) is 0.211. The molecule has 2 heterocycles. The maximum absolute atomic E-state index is 13.4. The predicted octanol–water partition coefficient (Wildman–Crippen LogP) is 4.51. The van der Waals surface area contributed by atoms with Gasteiger partial charge in [0.1, 0.15) is 12.1 Å². The van der Waals surface area contributed by atoms with E-state index in [-0.39, 0.29) is 11.7 Å². The van der Waals surface area contributed by atoms with Crippen molar-refractivity contribution in [3.63, 3.8) is 0 Å². The van der Waals surface area contributed by atoms with Crippen LogP contribution in [0.25, 0.3) is 27.5 Å². The smallest absolute Gasteiger partial charge is 0.181 e. The van der Waals surface area contributed by atoms with E-state index in [1.54, 1.807) is 24.6 Å². The molecule has 0 saturated carbocycles. The largest absolute Gasteiger partial charge is 0.612 e. The monoisotopic (exact) mass is 355 g/mol. The van der Waals surface area contributed by atoms with Crippen LogP contribution >= 0.6 is 0 Å². The van der Waals surface area contributed by atoms with E-state index in [0.717, 1.165) is 38.1 Å². The highest BCUT2D eigenvalue weighted by molar-refractivity contribution is 7.91. The summed E-state index contributed by atoms with van der Waals surface area (Å²) in [6.07, 6.45) is 3.47. The molecule has 1 N–H and O–H groups in total. The number of halogens is 1. The molecule has 0 fully saturated rings. The molecule has 2 aromatic carbocycles. The molecule has 0 amide bonds. The zero-order valence-electron chi connectivity index (χ0n) is 14.2. The standard InChI is InChI=1S/C19H18FN3OS/c1-11(2)18-19(25(3)24)15-9-16-12(10-21-22-16)8-17(15)23(18)14-6-4-13(20)5-7-14/h4-11H,1-3H3,(H,21,22). The van der Waals surface area contributed by atoms with Gasteiger partial charge in [0.25, 0.3) is 0 Å². The quantitative estimate of drug-likeness (QED) is 0.550. The maximum Gasteiger partial charge on any atom is 0.181 e. The van der Waals surface area contributed by atoms with Crippen molar-refractivity contribution in [2.24, 2.45) is 0 Å². The molecule has 128 valence electrons. The van der Waals surface area contributed by atoms with Crippen molar-refractivity contribution in [1.29, 1.82) is 0 Å². The Balaban J connectivity index is 2.17. The van der Waals surface area contributed by atoms with Crippen molar-refractivity contribution in [3.8, 4) is 5.69 Å². The van der Waals surface area contributed by atoms with Gasteiger partial charge in [0.05, 0.1) is 28.3 Å². The SMILES string of the molecule is CC(C)c1c([S+](C)[O-])c2cc3[nH]ncc3cc2n1-c1ccc(F)cc1. The lowest BCUT2D eigenvalue weighted by Gasteiger charge is -2.15. The molecule has 0 saturated heterocycles. The number of fused-ring (bicyclic) bond motifs is 2. The molecule has 4 rings (SSSR count). The minimum Gasteiger partial charge on any atom is -0.612 e. The number of H-pyrrole nitrogens is 1. The van der Waals surface area contributed by atoms with Crippen molar-refractivity contribution < 1.29 is 8.94 Å². The Kier molecular flexibility index (Phi) is 3.81. The van der Waals surface area contributed by atoms with Crippen molar-refractivity contribution in [2.75, 3.05) is 6.26 Å². The summed E-state index contributed by atoms with van der Waals surface area (Å²) in [5.41, 5.74) is 3.71. The van der Waals surface area contributed by atoms with Gasteiger partial charge in [-0.15, -0.1) is 0 Å². The first kappa shape index (κ1) is 16.2. The van der Waals surface area contributed by atoms with Crippen LogP contribution < -0.4 is 0 Å². The Morgan fingerprint density at radius 2 is 1.92 bits per heavy atom. The highest BCUT2D eigenvalue weighted by atomic mass is 32.2. The van der Waals surface area contributed by atoms with Gasteiger partial charge in [-0.1, -0.05) is 13.8 Å². The number of benzene rings is 2. The minimum atomic E-state index is -1.15. The number of nitrogens with zero attached hydrogens (tertiary/aromatic N) is 2. The lowest BCUT2D eigenvalue weighted by molar-refractivity contribution is 0.598. The Hall–Kier alpha value is -2.31. The summed E-state index contributed by atoms with van der Waals surface area (Å²) >= 11 is -1.15. The zero-order valence-corrected chi connectivity index (χ0v) is 15.0. The third-order valence-corrected chi connectivity index (χ3v) is 5.44. The van der Waals surface area contributed by atoms with Gasteiger partial charge < -0.3 is 9.12 Å². The van der Waals surface area contributed by atoms with E-state index in [9.17, 15) is 8.94 Å². The van der Waals surface area contributed by atoms with E-state index in [1.807, 2.05) is 12.1 Å². The van der Waals surface area contributed by atoms with E-state index in [2.05, 4.69) is 28.6 Å². The van der Waals surface area contributed by atoms with E-state index < -0.39 is 11.2 Å². The fourth-order valence-corrected chi connectivity index (χ4v) is 4.50. The first-order valence-electron chi connectivity index (χ1n) is 8.08. The fourth-order valence-electron chi connectivity index (χ4n) is 3.41. The van der Waals surface area contributed by atoms with Crippen molar-refractivity contribution in [3.05, 3.63) is 54.1 Å². The van der Waals surface area contributed by atoms with Crippen molar-refractivity contribution >= 4 is 33.0 Å². The molecule has 1 atom stereocenters. The molecule has 0 aliphatic carbocycles.